The van der Waals surface area contributed by atoms with Crippen LogP contribution in [0, 0.1) is 17.8 Å². The Labute approximate surface area is 85.8 Å². The molecule has 0 heterocycles. The van der Waals surface area contributed by atoms with Crippen molar-refractivity contribution in [2.75, 3.05) is 13.2 Å². The maximum absolute atomic E-state index is 13.4. The van der Waals surface area contributed by atoms with E-state index in [1.807, 2.05) is 13.8 Å². The molecule has 0 amide bonds. The van der Waals surface area contributed by atoms with E-state index in [1.165, 1.54) is 0 Å². The van der Waals surface area contributed by atoms with Crippen LogP contribution in [-0.2, 0) is 4.74 Å². The minimum atomic E-state index is -2.71. The highest BCUT2D eigenvalue weighted by molar-refractivity contribution is 4.75. The molecular formula is C11H22F2O. The first kappa shape index (κ1) is 13.8. The Morgan fingerprint density at radius 3 is 1.93 bits per heavy atom. The summed E-state index contributed by atoms with van der Waals surface area (Å²) < 4.78 is 31.8. The predicted octanol–water partition coefficient (Wildman–Crippen LogP) is 3.59. The van der Waals surface area contributed by atoms with E-state index >= 15 is 0 Å². The van der Waals surface area contributed by atoms with Crippen molar-refractivity contribution in [1.29, 1.82) is 0 Å². The predicted molar refractivity (Wildman–Crippen MR) is 54.6 cm³/mol. The van der Waals surface area contributed by atoms with Gasteiger partial charge in [-0.05, 0) is 11.8 Å². The number of hydrogen-bond acceptors (Lipinski definition) is 1. The largest absolute Gasteiger partial charge is 0.375 e. The van der Waals surface area contributed by atoms with E-state index in [0.717, 1.165) is 0 Å². The normalized spacial score (nSPS) is 15.2. The average Bonchev–Trinajstić information content (AvgIpc) is 2.01. The van der Waals surface area contributed by atoms with Gasteiger partial charge in [-0.2, -0.15) is 0 Å². The maximum atomic E-state index is 13.4. The molecular weight excluding hydrogens is 186 g/mol. The van der Waals surface area contributed by atoms with Gasteiger partial charge < -0.3 is 4.74 Å². The monoisotopic (exact) mass is 208 g/mol. The molecule has 86 valence electrons. The summed E-state index contributed by atoms with van der Waals surface area (Å²) >= 11 is 0. The molecule has 3 heteroatoms. The van der Waals surface area contributed by atoms with Crippen LogP contribution in [0.5, 0.6) is 0 Å². The SMILES string of the molecule is CC(C)COCC(F)(F)[C@H](C)C(C)C. The van der Waals surface area contributed by atoms with Gasteiger partial charge in [-0.25, -0.2) is 8.78 Å². The molecule has 0 rings (SSSR count). The smallest absolute Gasteiger partial charge is 0.273 e. The molecule has 0 saturated heterocycles. The molecule has 0 aromatic heterocycles. The van der Waals surface area contributed by atoms with Crippen LogP contribution >= 0.6 is 0 Å². The van der Waals surface area contributed by atoms with Gasteiger partial charge >= 0.3 is 0 Å². The van der Waals surface area contributed by atoms with Crippen LogP contribution in [0.1, 0.15) is 34.6 Å². The van der Waals surface area contributed by atoms with Gasteiger partial charge in [-0.1, -0.05) is 34.6 Å². The van der Waals surface area contributed by atoms with Crippen molar-refractivity contribution in [1.82, 2.24) is 0 Å². The number of ether oxygens (including phenoxy) is 1. The molecule has 0 fully saturated rings. The quantitative estimate of drug-likeness (QED) is 0.648. The van der Waals surface area contributed by atoms with Crippen molar-refractivity contribution < 1.29 is 13.5 Å². The summed E-state index contributed by atoms with van der Waals surface area (Å²) in [6.45, 7) is 9.03. The molecule has 0 radical (unpaired) electrons. The lowest BCUT2D eigenvalue weighted by Crippen LogP contribution is -2.35. The first-order valence-corrected chi connectivity index (χ1v) is 5.23. The van der Waals surface area contributed by atoms with E-state index in [1.54, 1.807) is 20.8 Å². The molecule has 0 aromatic carbocycles. The number of alkyl halides is 2. The number of rotatable bonds is 6. The summed E-state index contributed by atoms with van der Waals surface area (Å²) in [5, 5.41) is 0. The van der Waals surface area contributed by atoms with E-state index in [-0.39, 0.29) is 5.92 Å². The highest BCUT2D eigenvalue weighted by Crippen LogP contribution is 2.30. The van der Waals surface area contributed by atoms with E-state index in [9.17, 15) is 8.78 Å². The third-order valence-electron chi connectivity index (χ3n) is 2.41. The molecule has 0 aliphatic rings. The summed E-state index contributed by atoms with van der Waals surface area (Å²) in [5.41, 5.74) is 0. The first-order chi connectivity index (χ1) is 6.27. The third-order valence-corrected chi connectivity index (χ3v) is 2.41. The molecule has 0 bridgehead atoms. The Hall–Kier alpha value is -0.180. The molecule has 1 atom stereocenters. The zero-order valence-electron chi connectivity index (χ0n) is 9.81. The summed E-state index contributed by atoms with van der Waals surface area (Å²) in [4.78, 5) is 0. The van der Waals surface area contributed by atoms with E-state index in [0.29, 0.717) is 12.5 Å². The van der Waals surface area contributed by atoms with E-state index in [4.69, 9.17) is 4.74 Å². The minimum Gasteiger partial charge on any atom is -0.375 e. The van der Waals surface area contributed by atoms with Crippen LogP contribution in [0.4, 0.5) is 8.78 Å². The van der Waals surface area contributed by atoms with Gasteiger partial charge in [0.05, 0.1) is 0 Å². The van der Waals surface area contributed by atoms with Gasteiger partial charge in [0.2, 0.25) is 0 Å². The van der Waals surface area contributed by atoms with Crippen LogP contribution in [0.25, 0.3) is 0 Å². The van der Waals surface area contributed by atoms with Gasteiger partial charge in [0.15, 0.2) is 0 Å². The van der Waals surface area contributed by atoms with Crippen LogP contribution in [-0.4, -0.2) is 19.1 Å². The molecule has 1 nitrogen and oxygen atoms in total. The van der Waals surface area contributed by atoms with Gasteiger partial charge in [0, 0.05) is 12.5 Å². The molecule has 14 heavy (non-hydrogen) atoms. The standard InChI is InChI=1S/C11H22F2O/c1-8(2)6-14-7-11(12,13)10(5)9(3)4/h8-10H,6-7H2,1-5H3/t10-/m1/s1. The molecule has 0 aromatic rings. The Morgan fingerprint density at radius 1 is 1.07 bits per heavy atom. The fraction of sp³-hybridized carbons (Fsp3) is 1.00. The summed E-state index contributed by atoms with van der Waals surface area (Å²) in [7, 11) is 0. The molecule has 0 saturated carbocycles. The zero-order chi connectivity index (χ0) is 11.4. The van der Waals surface area contributed by atoms with Crippen molar-refractivity contribution in [3.05, 3.63) is 0 Å². The Kier molecular flexibility index (Phi) is 5.57. The fourth-order valence-electron chi connectivity index (χ4n) is 1.05. The zero-order valence-corrected chi connectivity index (χ0v) is 9.81. The molecule has 0 N–H and O–H groups in total. The Morgan fingerprint density at radius 2 is 1.57 bits per heavy atom. The molecule has 0 aliphatic heterocycles. The van der Waals surface area contributed by atoms with Crippen molar-refractivity contribution in [2.24, 2.45) is 17.8 Å². The van der Waals surface area contributed by atoms with Gasteiger partial charge in [-0.15, -0.1) is 0 Å². The van der Waals surface area contributed by atoms with E-state index < -0.39 is 18.4 Å². The highest BCUT2D eigenvalue weighted by atomic mass is 19.3. The van der Waals surface area contributed by atoms with Gasteiger partial charge in [0.1, 0.15) is 6.61 Å². The lowest BCUT2D eigenvalue weighted by atomic mass is 9.92. The summed E-state index contributed by atoms with van der Waals surface area (Å²) in [6, 6.07) is 0. The lowest BCUT2D eigenvalue weighted by molar-refractivity contribution is -0.126. The van der Waals surface area contributed by atoms with Crippen molar-refractivity contribution in [3.8, 4) is 0 Å². The summed E-state index contributed by atoms with van der Waals surface area (Å²) in [5.74, 6) is -3.05. The van der Waals surface area contributed by atoms with Crippen LogP contribution in [0.2, 0.25) is 0 Å². The topological polar surface area (TPSA) is 9.23 Å². The van der Waals surface area contributed by atoms with Gasteiger partial charge in [0.25, 0.3) is 5.92 Å². The highest BCUT2D eigenvalue weighted by Gasteiger charge is 2.38. The van der Waals surface area contributed by atoms with Crippen LogP contribution in [0.3, 0.4) is 0 Å². The maximum Gasteiger partial charge on any atom is 0.273 e. The lowest BCUT2D eigenvalue weighted by Gasteiger charge is -2.26. The third kappa shape index (κ3) is 4.89. The van der Waals surface area contributed by atoms with Crippen LogP contribution in [0.15, 0.2) is 0 Å². The van der Waals surface area contributed by atoms with Crippen molar-refractivity contribution in [3.63, 3.8) is 0 Å². The summed E-state index contributed by atoms with van der Waals surface area (Å²) in [6.07, 6.45) is 0. The second-order valence-corrected chi connectivity index (χ2v) is 4.70. The second-order valence-electron chi connectivity index (χ2n) is 4.70. The number of hydrogen-bond donors (Lipinski definition) is 0. The molecule has 0 aliphatic carbocycles. The molecule has 0 unspecified atom stereocenters. The Bertz CT molecular complexity index is 155. The fourth-order valence-corrected chi connectivity index (χ4v) is 1.05. The average molecular weight is 208 g/mol. The van der Waals surface area contributed by atoms with E-state index in [2.05, 4.69) is 0 Å². The molecule has 0 spiro atoms. The minimum absolute atomic E-state index is 0.0207. The van der Waals surface area contributed by atoms with Gasteiger partial charge in [-0.3, -0.25) is 0 Å². The second kappa shape index (κ2) is 5.64. The Balaban J connectivity index is 3.94. The van der Waals surface area contributed by atoms with Crippen molar-refractivity contribution in [2.45, 2.75) is 40.5 Å². The van der Waals surface area contributed by atoms with Crippen LogP contribution < -0.4 is 0 Å². The van der Waals surface area contributed by atoms with Crippen molar-refractivity contribution >= 4 is 0 Å². The number of halogens is 2. The first-order valence-electron chi connectivity index (χ1n) is 5.23.